The molecule has 3 heteroatoms. The highest BCUT2D eigenvalue weighted by atomic mass is 35.5. The fraction of sp³-hybridized carbons (Fsp3) is 1.00. The summed E-state index contributed by atoms with van der Waals surface area (Å²) in [6, 6.07) is 0. The Morgan fingerprint density at radius 1 is 1.18 bits per heavy atom. The zero-order valence-electron chi connectivity index (χ0n) is 6.32. The molecule has 2 saturated carbocycles. The molecule has 0 aromatic rings. The first-order valence-electron chi connectivity index (χ1n) is 4.20. The minimum atomic E-state index is -0.667. The highest BCUT2D eigenvalue weighted by Gasteiger charge is 2.46. The number of hydrogen-bond donors (Lipinski definition) is 0. The van der Waals surface area contributed by atoms with E-state index in [4.69, 9.17) is 23.2 Å². The molecule has 3 unspecified atom stereocenters. The highest BCUT2D eigenvalue weighted by Crippen LogP contribution is 2.53. The molecule has 2 aliphatic carbocycles. The molecule has 2 fully saturated rings. The second-order valence-corrected chi connectivity index (χ2v) is 6.71. The van der Waals surface area contributed by atoms with Crippen LogP contribution in [0.2, 0.25) is 0 Å². The molecule has 0 aromatic carbocycles. The van der Waals surface area contributed by atoms with Crippen LogP contribution >= 0.6 is 23.2 Å². The van der Waals surface area contributed by atoms with Gasteiger partial charge in [0.25, 0.3) is 0 Å². The monoisotopic (exact) mass is 205 g/mol. The molecule has 0 heterocycles. The minimum absolute atomic E-state index is 0.487. The molecule has 61 valence electrons. The van der Waals surface area contributed by atoms with Gasteiger partial charge < -0.3 is 0 Å². The van der Waals surface area contributed by atoms with Gasteiger partial charge in [-0.05, 0) is 37.0 Å². The number of halogens is 2. The molecular formula is C8H11Cl2Si. The Balaban J connectivity index is 2.08. The summed E-state index contributed by atoms with van der Waals surface area (Å²) in [5.74, 6) is 2.19. The molecule has 0 nitrogen and oxygen atoms in total. The van der Waals surface area contributed by atoms with Crippen LogP contribution in [-0.2, 0) is 0 Å². The van der Waals surface area contributed by atoms with Crippen LogP contribution in [0.15, 0.2) is 0 Å². The van der Waals surface area contributed by atoms with Crippen LogP contribution in [-0.4, -0.2) is 14.2 Å². The van der Waals surface area contributed by atoms with Gasteiger partial charge in [-0.3, -0.25) is 0 Å². The Morgan fingerprint density at radius 2 is 1.91 bits per heavy atom. The lowest BCUT2D eigenvalue weighted by molar-refractivity contribution is 0.337. The molecule has 0 saturated heterocycles. The molecule has 0 N–H and O–H groups in total. The van der Waals surface area contributed by atoms with Gasteiger partial charge in [0.05, 0.1) is 10.2 Å². The van der Waals surface area contributed by atoms with Crippen LogP contribution in [0.25, 0.3) is 0 Å². The third-order valence-electron chi connectivity index (χ3n) is 3.20. The van der Waals surface area contributed by atoms with Crippen molar-refractivity contribution < 1.29 is 0 Å². The maximum absolute atomic E-state index is 6.01. The van der Waals surface area contributed by atoms with E-state index in [1.165, 1.54) is 25.7 Å². The van der Waals surface area contributed by atoms with Crippen molar-refractivity contribution in [3.05, 3.63) is 0 Å². The van der Waals surface area contributed by atoms with Gasteiger partial charge in [-0.15, -0.1) is 23.2 Å². The Bertz CT molecular complexity index is 164. The summed E-state index contributed by atoms with van der Waals surface area (Å²) < 4.78 is -0.667. The predicted octanol–water partition coefficient (Wildman–Crippen LogP) is 2.72. The number of hydrogen-bond acceptors (Lipinski definition) is 0. The van der Waals surface area contributed by atoms with Crippen LogP contribution in [0.4, 0.5) is 0 Å². The summed E-state index contributed by atoms with van der Waals surface area (Å²) >= 11 is 12.0. The maximum atomic E-state index is 6.01. The molecular weight excluding hydrogens is 195 g/mol. The van der Waals surface area contributed by atoms with Gasteiger partial charge in [-0.2, -0.15) is 0 Å². The van der Waals surface area contributed by atoms with E-state index in [1.54, 1.807) is 0 Å². The summed E-state index contributed by atoms with van der Waals surface area (Å²) in [4.78, 5) is 0. The lowest BCUT2D eigenvalue weighted by Gasteiger charge is -2.29. The quantitative estimate of drug-likeness (QED) is 0.457. The van der Waals surface area contributed by atoms with E-state index in [2.05, 4.69) is 10.2 Å². The Kier molecular flexibility index (Phi) is 2.02. The van der Waals surface area contributed by atoms with Gasteiger partial charge in [0.2, 0.25) is 0 Å². The first-order valence-corrected chi connectivity index (χ1v) is 5.46. The van der Waals surface area contributed by atoms with Crippen LogP contribution in [0, 0.1) is 17.8 Å². The van der Waals surface area contributed by atoms with Gasteiger partial charge in [-0.1, -0.05) is 6.42 Å². The molecule has 3 atom stereocenters. The van der Waals surface area contributed by atoms with Crippen LogP contribution in [0.5, 0.6) is 0 Å². The summed E-state index contributed by atoms with van der Waals surface area (Å²) in [5, 5.41) is 0. The third-order valence-corrected chi connectivity index (χ3v) is 4.14. The van der Waals surface area contributed by atoms with E-state index in [1.807, 2.05) is 0 Å². The molecule has 0 aliphatic heterocycles. The SMILES string of the molecule is [Si]C(Cl)(Cl)C1CC2CCC1C2. The van der Waals surface area contributed by atoms with Crippen LogP contribution in [0.1, 0.15) is 25.7 Å². The second kappa shape index (κ2) is 2.64. The Morgan fingerprint density at radius 3 is 2.18 bits per heavy atom. The number of fused-ring (bicyclic) bond motifs is 2. The third kappa shape index (κ3) is 1.48. The molecule has 2 rings (SSSR count). The van der Waals surface area contributed by atoms with Gasteiger partial charge in [0.1, 0.15) is 3.96 Å². The van der Waals surface area contributed by atoms with E-state index in [0.29, 0.717) is 5.92 Å². The average molecular weight is 206 g/mol. The van der Waals surface area contributed by atoms with Crippen molar-refractivity contribution in [1.29, 1.82) is 0 Å². The Labute approximate surface area is 81.1 Å². The molecule has 2 bridgehead atoms. The van der Waals surface area contributed by atoms with Crippen LogP contribution in [0.3, 0.4) is 0 Å². The maximum Gasteiger partial charge on any atom is 0.103 e. The number of rotatable bonds is 1. The molecule has 0 amide bonds. The topological polar surface area (TPSA) is 0 Å². The zero-order valence-corrected chi connectivity index (χ0v) is 8.83. The molecule has 11 heavy (non-hydrogen) atoms. The van der Waals surface area contributed by atoms with E-state index in [-0.39, 0.29) is 0 Å². The molecule has 0 spiro atoms. The first-order chi connectivity index (χ1) is 5.07. The smallest absolute Gasteiger partial charge is 0.103 e. The fourth-order valence-corrected chi connectivity index (χ4v) is 3.58. The second-order valence-electron chi connectivity index (χ2n) is 3.90. The summed E-state index contributed by atoms with van der Waals surface area (Å²) in [7, 11) is 3.39. The fourth-order valence-electron chi connectivity index (χ4n) is 2.69. The highest BCUT2D eigenvalue weighted by molar-refractivity contribution is 6.65. The van der Waals surface area contributed by atoms with Gasteiger partial charge in [0.15, 0.2) is 0 Å². The van der Waals surface area contributed by atoms with Gasteiger partial charge in [0, 0.05) is 0 Å². The van der Waals surface area contributed by atoms with Crippen molar-refractivity contribution in [3.63, 3.8) is 0 Å². The predicted molar refractivity (Wildman–Crippen MR) is 49.1 cm³/mol. The van der Waals surface area contributed by atoms with E-state index in [0.717, 1.165) is 11.8 Å². The molecule has 2 aliphatic rings. The molecule has 3 radical (unpaired) electrons. The number of alkyl halides is 2. The van der Waals surface area contributed by atoms with Crippen molar-refractivity contribution in [2.45, 2.75) is 29.6 Å². The van der Waals surface area contributed by atoms with E-state index in [9.17, 15) is 0 Å². The van der Waals surface area contributed by atoms with Gasteiger partial charge >= 0.3 is 0 Å². The normalized spacial score (nSPS) is 43.4. The molecule has 0 aromatic heterocycles. The summed E-state index contributed by atoms with van der Waals surface area (Å²) in [5.41, 5.74) is 0. The Hall–Kier alpha value is 0.797. The lowest BCUT2D eigenvalue weighted by atomic mass is 9.90. The minimum Gasteiger partial charge on any atom is -0.106 e. The van der Waals surface area contributed by atoms with Crippen molar-refractivity contribution in [3.8, 4) is 0 Å². The standard InChI is InChI=1S/C8H11Cl2Si/c9-8(10,11)7-4-5-1-2-6(7)3-5/h5-7H,1-4H2. The van der Waals surface area contributed by atoms with Gasteiger partial charge in [-0.25, -0.2) is 0 Å². The average Bonchev–Trinajstić information content (AvgIpc) is 2.42. The first kappa shape index (κ1) is 8.40. The lowest BCUT2D eigenvalue weighted by Crippen LogP contribution is -2.30. The van der Waals surface area contributed by atoms with Crippen molar-refractivity contribution in [1.82, 2.24) is 0 Å². The zero-order chi connectivity index (χ0) is 8.06. The largest absolute Gasteiger partial charge is 0.106 e. The van der Waals surface area contributed by atoms with E-state index < -0.39 is 3.96 Å². The summed E-state index contributed by atoms with van der Waals surface area (Å²) in [6.07, 6.45) is 5.32. The van der Waals surface area contributed by atoms with Crippen LogP contribution < -0.4 is 0 Å². The van der Waals surface area contributed by atoms with Crippen molar-refractivity contribution >= 4 is 33.4 Å². The van der Waals surface area contributed by atoms with E-state index >= 15 is 0 Å². The van der Waals surface area contributed by atoms with Crippen molar-refractivity contribution in [2.24, 2.45) is 17.8 Å². The summed E-state index contributed by atoms with van der Waals surface area (Å²) in [6.45, 7) is 0. The van der Waals surface area contributed by atoms with Crippen molar-refractivity contribution in [2.75, 3.05) is 0 Å².